The summed E-state index contributed by atoms with van der Waals surface area (Å²) in [7, 11) is 0. The number of carboxylic acid groups (broad SMARTS) is 1. The van der Waals surface area contributed by atoms with E-state index in [2.05, 4.69) is 4.98 Å². The Bertz CT molecular complexity index is 599. The molecule has 1 aromatic carbocycles. The fourth-order valence-electron chi connectivity index (χ4n) is 1.57. The minimum atomic E-state index is -1.32. The molecule has 1 aromatic heterocycles. The van der Waals surface area contributed by atoms with E-state index in [1.165, 1.54) is 13.1 Å². The number of rotatable bonds is 4. The summed E-state index contributed by atoms with van der Waals surface area (Å²) in [5.74, 6) is -2.33. The molecule has 98 valence electrons. The number of hydrogen-bond donors (Lipinski definition) is 1. The zero-order valence-electron chi connectivity index (χ0n) is 10.3. The van der Waals surface area contributed by atoms with E-state index in [0.29, 0.717) is 0 Å². The highest BCUT2D eigenvalue weighted by Gasteiger charge is 2.19. The number of benzene rings is 1. The van der Waals surface area contributed by atoms with Crippen molar-refractivity contribution < 1.29 is 19.0 Å². The van der Waals surface area contributed by atoms with Gasteiger partial charge in [-0.05, 0) is 12.5 Å². The first-order valence-electron chi connectivity index (χ1n) is 5.64. The summed E-state index contributed by atoms with van der Waals surface area (Å²) in [5.41, 5.74) is 0.645. The number of hydrogen-bond acceptors (Lipinski definition) is 3. The number of carbonyl (C=O) groups is 1. The van der Waals surface area contributed by atoms with Crippen molar-refractivity contribution >= 4 is 5.97 Å². The molecule has 0 amide bonds. The molecule has 4 nitrogen and oxygen atoms in total. The average Bonchev–Trinajstić information content (AvgIpc) is 2.41. The van der Waals surface area contributed by atoms with Crippen LogP contribution in [-0.2, 0) is 6.61 Å². The summed E-state index contributed by atoms with van der Waals surface area (Å²) < 4.78 is 19.2. The Hall–Kier alpha value is -2.43. The van der Waals surface area contributed by atoms with Crippen LogP contribution in [0.1, 0.15) is 21.6 Å². The molecule has 0 aliphatic heterocycles. The predicted molar refractivity (Wildman–Crippen MR) is 66.7 cm³/mol. The van der Waals surface area contributed by atoms with Gasteiger partial charge in [-0.15, -0.1) is 0 Å². The molecule has 0 aliphatic rings. The van der Waals surface area contributed by atoms with Gasteiger partial charge in [0.05, 0.1) is 0 Å². The molecule has 0 spiro atoms. The number of aromatic nitrogens is 1. The summed E-state index contributed by atoms with van der Waals surface area (Å²) >= 11 is 0. The number of carboxylic acids is 1. The van der Waals surface area contributed by atoms with Crippen molar-refractivity contribution in [1.29, 1.82) is 0 Å². The van der Waals surface area contributed by atoms with Crippen LogP contribution in [-0.4, -0.2) is 16.1 Å². The van der Waals surface area contributed by atoms with Crippen LogP contribution in [0.4, 0.5) is 4.39 Å². The first-order valence-corrected chi connectivity index (χ1v) is 5.64. The van der Waals surface area contributed by atoms with Crippen LogP contribution in [0.2, 0.25) is 0 Å². The summed E-state index contributed by atoms with van der Waals surface area (Å²) in [6.07, 6.45) is 1.17. The lowest BCUT2D eigenvalue weighted by atomic mass is 10.2. The standard InChI is InChI=1S/C14H12FNO3/c1-9-7-16-12(14(17)18)13(11(9)15)19-8-10-5-3-2-4-6-10/h2-7H,8H2,1H3,(H,17,18). The zero-order chi connectivity index (χ0) is 13.8. The van der Waals surface area contributed by atoms with Crippen molar-refractivity contribution in [2.75, 3.05) is 0 Å². The quantitative estimate of drug-likeness (QED) is 0.919. The highest BCUT2D eigenvalue weighted by molar-refractivity contribution is 5.88. The van der Waals surface area contributed by atoms with E-state index >= 15 is 0 Å². The van der Waals surface area contributed by atoms with Gasteiger partial charge >= 0.3 is 5.97 Å². The second-order valence-electron chi connectivity index (χ2n) is 4.01. The third kappa shape index (κ3) is 2.88. The third-order valence-electron chi connectivity index (χ3n) is 2.58. The van der Waals surface area contributed by atoms with Gasteiger partial charge < -0.3 is 9.84 Å². The Kier molecular flexibility index (Phi) is 3.75. The fraction of sp³-hybridized carbons (Fsp3) is 0.143. The minimum absolute atomic E-state index is 0.0865. The molecular weight excluding hydrogens is 249 g/mol. The molecule has 5 heteroatoms. The number of aryl methyl sites for hydroxylation is 1. The van der Waals surface area contributed by atoms with E-state index in [4.69, 9.17) is 9.84 Å². The number of halogens is 1. The van der Waals surface area contributed by atoms with Crippen LogP contribution in [0.5, 0.6) is 5.75 Å². The van der Waals surface area contributed by atoms with Gasteiger partial charge in [0.1, 0.15) is 6.61 Å². The van der Waals surface area contributed by atoms with Crippen LogP contribution in [0.3, 0.4) is 0 Å². The van der Waals surface area contributed by atoms with E-state index in [9.17, 15) is 9.18 Å². The maximum Gasteiger partial charge on any atom is 0.358 e. The Morgan fingerprint density at radius 1 is 1.37 bits per heavy atom. The van der Waals surface area contributed by atoms with Crippen molar-refractivity contribution in [2.45, 2.75) is 13.5 Å². The summed E-state index contributed by atoms with van der Waals surface area (Å²) in [4.78, 5) is 14.7. The first kappa shape index (κ1) is 13.0. The van der Waals surface area contributed by atoms with Crippen LogP contribution in [0.15, 0.2) is 36.5 Å². The summed E-state index contributed by atoms with van der Waals surface area (Å²) in [6, 6.07) is 9.10. The maximum absolute atomic E-state index is 13.9. The molecule has 0 unspecified atom stereocenters. The third-order valence-corrected chi connectivity index (χ3v) is 2.58. The van der Waals surface area contributed by atoms with Crippen LogP contribution < -0.4 is 4.74 Å². The van der Waals surface area contributed by atoms with Gasteiger partial charge in [-0.3, -0.25) is 0 Å². The van der Waals surface area contributed by atoms with Gasteiger partial charge in [0, 0.05) is 11.8 Å². The monoisotopic (exact) mass is 261 g/mol. The molecule has 0 atom stereocenters. The molecule has 0 bridgehead atoms. The highest BCUT2D eigenvalue weighted by Crippen LogP contribution is 2.24. The molecule has 2 rings (SSSR count). The van der Waals surface area contributed by atoms with E-state index in [-0.39, 0.29) is 17.9 Å². The van der Waals surface area contributed by atoms with Gasteiger partial charge in [0.2, 0.25) is 0 Å². The van der Waals surface area contributed by atoms with Crippen molar-refractivity contribution in [3.05, 3.63) is 59.2 Å². The Balaban J connectivity index is 2.28. The van der Waals surface area contributed by atoms with E-state index in [1.54, 1.807) is 0 Å². The van der Waals surface area contributed by atoms with Crippen LogP contribution >= 0.6 is 0 Å². The van der Waals surface area contributed by atoms with Gasteiger partial charge in [0.25, 0.3) is 0 Å². The van der Waals surface area contributed by atoms with Gasteiger partial charge in [0.15, 0.2) is 17.3 Å². The molecule has 19 heavy (non-hydrogen) atoms. The second-order valence-corrected chi connectivity index (χ2v) is 4.01. The van der Waals surface area contributed by atoms with E-state index in [1.807, 2.05) is 30.3 Å². The lowest BCUT2D eigenvalue weighted by Crippen LogP contribution is -2.09. The Morgan fingerprint density at radius 2 is 2.05 bits per heavy atom. The molecule has 0 saturated heterocycles. The lowest BCUT2D eigenvalue weighted by Gasteiger charge is -2.10. The molecule has 0 radical (unpaired) electrons. The number of aromatic carboxylic acids is 1. The second kappa shape index (κ2) is 5.48. The predicted octanol–water partition coefficient (Wildman–Crippen LogP) is 2.81. The van der Waals surface area contributed by atoms with Crippen molar-refractivity contribution in [2.24, 2.45) is 0 Å². The van der Waals surface area contributed by atoms with Crippen molar-refractivity contribution in [1.82, 2.24) is 4.98 Å². The Morgan fingerprint density at radius 3 is 2.68 bits per heavy atom. The zero-order valence-corrected chi connectivity index (χ0v) is 10.3. The smallest absolute Gasteiger partial charge is 0.358 e. The minimum Gasteiger partial charge on any atom is -0.483 e. The number of ether oxygens (including phenoxy) is 1. The van der Waals surface area contributed by atoms with Crippen molar-refractivity contribution in [3.63, 3.8) is 0 Å². The highest BCUT2D eigenvalue weighted by atomic mass is 19.1. The van der Waals surface area contributed by atoms with Crippen molar-refractivity contribution in [3.8, 4) is 5.75 Å². The summed E-state index contributed by atoms with van der Waals surface area (Å²) in [6.45, 7) is 1.59. The molecule has 0 saturated carbocycles. The fourth-order valence-corrected chi connectivity index (χ4v) is 1.57. The van der Waals surface area contributed by atoms with Gasteiger partial charge in [-0.1, -0.05) is 30.3 Å². The molecule has 1 heterocycles. The largest absolute Gasteiger partial charge is 0.483 e. The normalized spacial score (nSPS) is 10.2. The summed E-state index contributed by atoms with van der Waals surface area (Å²) in [5, 5.41) is 8.97. The molecule has 1 N–H and O–H groups in total. The number of pyridine rings is 1. The first-order chi connectivity index (χ1) is 9.09. The lowest BCUT2D eigenvalue weighted by molar-refractivity contribution is 0.0683. The molecule has 0 aliphatic carbocycles. The van der Waals surface area contributed by atoms with Gasteiger partial charge in [-0.25, -0.2) is 14.2 Å². The van der Waals surface area contributed by atoms with Crippen LogP contribution in [0.25, 0.3) is 0 Å². The average molecular weight is 261 g/mol. The Labute approximate surface area is 109 Å². The van der Waals surface area contributed by atoms with E-state index < -0.39 is 17.5 Å². The SMILES string of the molecule is Cc1cnc(C(=O)O)c(OCc2ccccc2)c1F. The molecular formula is C14H12FNO3. The maximum atomic E-state index is 13.9. The molecule has 2 aromatic rings. The topological polar surface area (TPSA) is 59.4 Å². The van der Waals surface area contributed by atoms with E-state index in [0.717, 1.165) is 5.56 Å². The number of nitrogens with zero attached hydrogens (tertiary/aromatic N) is 1. The molecule has 0 fully saturated rings. The van der Waals surface area contributed by atoms with Gasteiger partial charge in [-0.2, -0.15) is 0 Å². The van der Waals surface area contributed by atoms with Crippen LogP contribution in [0, 0.1) is 12.7 Å².